The van der Waals surface area contributed by atoms with Crippen LogP contribution in [0.1, 0.15) is 67.5 Å². The monoisotopic (exact) mass is 545 g/mol. The first-order chi connectivity index (χ1) is 19.7. The summed E-state index contributed by atoms with van der Waals surface area (Å²) < 4.78 is 5.49. The molecule has 0 unspecified atom stereocenters. The van der Waals surface area contributed by atoms with E-state index in [1.807, 2.05) is 91.0 Å². The Bertz CT molecular complexity index is 1380. The highest BCUT2D eigenvalue weighted by Gasteiger charge is 2.38. The average molecular weight is 546 g/mol. The van der Waals surface area contributed by atoms with Gasteiger partial charge in [0.05, 0.1) is 17.7 Å². The maximum Gasteiger partial charge on any atom is 0.408 e. The van der Waals surface area contributed by atoms with Crippen LogP contribution in [0.2, 0.25) is 0 Å². The number of carbonyl (C=O) groups excluding carboxylic acids is 2. The molecule has 208 valence electrons. The van der Waals surface area contributed by atoms with Crippen molar-refractivity contribution < 1.29 is 14.3 Å². The zero-order valence-electron chi connectivity index (χ0n) is 23.6. The van der Waals surface area contributed by atoms with Crippen LogP contribution >= 0.6 is 0 Å². The Hall–Kier alpha value is -4.89. The van der Waals surface area contributed by atoms with Crippen LogP contribution < -0.4 is 10.6 Å². The maximum absolute atomic E-state index is 13.8. The minimum absolute atomic E-state index is 0.134. The van der Waals surface area contributed by atoms with Gasteiger partial charge in [0, 0.05) is 6.42 Å². The Balaban J connectivity index is 1.65. The molecular formula is C35H35N3O3. The minimum atomic E-state index is -0.927. The second kappa shape index (κ2) is 13.0. The van der Waals surface area contributed by atoms with Crippen molar-refractivity contribution in [1.82, 2.24) is 10.6 Å². The summed E-state index contributed by atoms with van der Waals surface area (Å²) in [6, 6.07) is 38.4. The fraction of sp³-hybridized carbons (Fsp3) is 0.229. The molecule has 0 aliphatic rings. The number of hydrogen-bond donors (Lipinski definition) is 2. The van der Waals surface area contributed by atoms with Crippen molar-refractivity contribution in [3.05, 3.63) is 143 Å². The first kappa shape index (κ1) is 29.1. The number of amides is 2. The predicted molar refractivity (Wildman–Crippen MR) is 160 cm³/mol. The average Bonchev–Trinajstić information content (AvgIpc) is 2.98. The van der Waals surface area contributed by atoms with E-state index in [2.05, 4.69) is 16.7 Å². The molecule has 4 rings (SSSR count). The van der Waals surface area contributed by atoms with Gasteiger partial charge in [-0.2, -0.15) is 5.26 Å². The highest BCUT2D eigenvalue weighted by molar-refractivity contribution is 5.79. The van der Waals surface area contributed by atoms with Gasteiger partial charge in [0.25, 0.3) is 0 Å². The molecule has 0 saturated heterocycles. The molecule has 0 fully saturated rings. The van der Waals surface area contributed by atoms with Gasteiger partial charge < -0.3 is 15.4 Å². The molecule has 6 heteroatoms. The van der Waals surface area contributed by atoms with Crippen molar-refractivity contribution >= 4 is 12.0 Å². The number of rotatable bonds is 9. The molecule has 0 heterocycles. The van der Waals surface area contributed by atoms with Crippen LogP contribution in [-0.2, 0) is 15.1 Å². The maximum atomic E-state index is 13.8. The van der Waals surface area contributed by atoms with E-state index in [1.165, 1.54) is 0 Å². The highest BCUT2D eigenvalue weighted by atomic mass is 16.6. The number of benzene rings is 4. The van der Waals surface area contributed by atoms with Gasteiger partial charge >= 0.3 is 6.09 Å². The molecule has 41 heavy (non-hydrogen) atoms. The highest BCUT2D eigenvalue weighted by Crippen LogP contribution is 2.37. The van der Waals surface area contributed by atoms with E-state index in [0.29, 0.717) is 12.0 Å². The molecule has 1 atom stereocenters. The largest absolute Gasteiger partial charge is 0.444 e. The molecule has 0 aliphatic carbocycles. The van der Waals surface area contributed by atoms with Gasteiger partial charge in [-0.3, -0.25) is 4.79 Å². The van der Waals surface area contributed by atoms with E-state index in [4.69, 9.17) is 4.74 Å². The number of alkyl carbamates (subject to hydrolysis) is 1. The van der Waals surface area contributed by atoms with Crippen LogP contribution in [0.25, 0.3) is 0 Å². The standard InChI is InChI=1S/C35H35N3O3/c1-34(2,3)41-33(40)37-31(27-21-19-26(25-36)20-22-27)23-24-32(39)38-35(28-13-7-4-8-14-28,29-15-9-5-10-16-29)30-17-11-6-12-18-30/h4-22,31H,23-24H2,1-3H3,(H,37,40)(H,38,39)/t31-/m0/s1. The Labute approximate surface area is 242 Å². The fourth-order valence-electron chi connectivity index (χ4n) is 4.89. The number of hydrogen-bond acceptors (Lipinski definition) is 4. The van der Waals surface area contributed by atoms with Crippen LogP contribution in [0.5, 0.6) is 0 Å². The molecule has 0 saturated carbocycles. The van der Waals surface area contributed by atoms with Gasteiger partial charge in [-0.05, 0) is 61.6 Å². The summed E-state index contributed by atoms with van der Waals surface area (Å²) in [5, 5.41) is 15.5. The number of nitriles is 1. The van der Waals surface area contributed by atoms with Gasteiger partial charge in [-0.25, -0.2) is 4.79 Å². The summed E-state index contributed by atoms with van der Waals surface area (Å²) in [6.45, 7) is 5.40. The molecule has 2 N–H and O–H groups in total. The normalized spacial score (nSPS) is 12.0. The van der Waals surface area contributed by atoms with Gasteiger partial charge in [0.2, 0.25) is 5.91 Å². The third-order valence-electron chi connectivity index (χ3n) is 6.74. The topological polar surface area (TPSA) is 91.2 Å². The van der Waals surface area contributed by atoms with E-state index in [1.54, 1.807) is 45.0 Å². The van der Waals surface area contributed by atoms with Crippen molar-refractivity contribution in [2.75, 3.05) is 0 Å². The molecule has 0 spiro atoms. The van der Waals surface area contributed by atoms with Crippen LogP contribution in [0.4, 0.5) is 4.79 Å². The second-order valence-electron chi connectivity index (χ2n) is 10.9. The van der Waals surface area contributed by atoms with E-state index in [0.717, 1.165) is 22.3 Å². The minimum Gasteiger partial charge on any atom is -0.444 e. The van der Waals surface area contributed by atoms with Crippen molar-refractivity contribution in [3.8, 4) is 6.07 Å². The van der Waals surface area contributed by atoms with Crippen LogP contribution in [0, 0.1) is 11.3 Å². The molecule has 4 aromatic rings. The van der Waals surface area contributed by atoms with Gasteiger partial charge in [0.15, 0.2) is 0 Å². The lowest BCUT2D eigenvalue weighted by Gasteiger charge is -2.37. The quantitative estimate of drug-likeness (QED) is 0.221. The third-order valence-corrected chi connectivity index (χ3v) is 6.74. The molecule has 0 aromatic heterocycles. The van der Waals surface area contributed by atoms with Crippen molar-refractivity contribution in [2.45, 2.75) is 50.8 Å². The Morgan fingerprint density at radius 2 is 1.22 bits per heavy atom. The lowest BCUT2D eigenvalue weighted by atomic mass is 9.77. The zero-order chi connectivity index (χ0) is 29.3. The number of nitrogens with zero attached hydrogens (tertiary/aromatic N) is 1. The van der Waals surface area contributed by atoms with Crippen LogP contribution in [0.15, 0.2) is 115 Å². The summed E-state index contributed by atoms with van der Waals surface area (Å²) >= 11 is 0. The van der Waals surface area contributed by atoms with Crippen molar-refractivity contribution in [2.24, 2.45) is 0 Å². The van der Waals surface area contributed by atoms with Gasteiger partial charge in [-0.15, -0.1) is 0 Å². The van der Waals surface area contributed by atoms with E-state index >= 15 is 0 Å². The summed E-state index contributed by atoms with van der Waals surface area (Å²) in [7, 11) is 0. The fourth-order valence-corrected chi connectivity index (χ4v) is 4.89. The summed E-state index contributed by atoms with van der Waals surface area (Å²) in [5.74, 6) is -0.175. The smallest absolute Gasteiger partial charge is 0.408 e. The molecule has 0 radical (unpaired) electrons. The van der Waals surface area contributed by atoms with Gasteiger partial charge in [0.1, 0.15) is 11.1 Å². The van der Waals surface area contributed by atoms with E-state index < -0.39 is 23.3 Å². The predicted octanol–water partition coefficient (Wildman–Crippen LogP) is 7.01. The lowest BCUT2D eigenvalue weighted by Crippen LogP contribution is -2.48. The number of nitrogens with one attached hydrogen (secondary N) is 2. The molecule has 0 bridgehead atoms. The summed E-state index contributed by atoms with van der Waals surface area (Å²) in [4.78, 5) is 26.5. The molecule has 0 aliphatic heterocycles. The SMILES string of the molecule is CC(C)(C)OC(=O)N[C@@H](CCC(=O)NC(c1ccccc1)(c1ccccc1)c1ccccc1)c1ccc(C#N)cc1. The first-order valence-corrected chi connectivity index (χ1v) is 13.7. The Morgan fingerprint density at radius 1 is 0.756 bits per heavy atom. The summed E-state index contributed by atoms with van der Waals surface area (Å²) in [6.07, 6.45) is -0.111. The van der Waals surface area contributed by atoms with Crippen LogP contribution in [-0.4, -0.2) is 17.6 Å². The molecular weight excluding hydrogens is 510 g/mol. The summed E-state index contributed by atoms with van der Waals surface area (Å²) in [5.41, 5.74) is 2.49. The Morgan fingerprint density at radius 3 is 1.63 bits per heavy atom. The second-order valence-corrected chi connectivity index (χ2v) is 10.9. The lowest BCUT2D eigenvalue weighted by molar-refractivity contribution is -0.122. The van der Waals surface area contributed by atoms with Crippen molar-refractivity contribution in [3.63, 3.8) is 0 Å². The van der Waals surface area contributed by atoms with E-state index in [-0.39, 0.29) is 12.3 Å². The molecule has 6 nitrogen and oxygen atoms in total. The number of ether oxygens (including phenoxy) is 1. The molecule has 4 aromatic carbocycles. The Kier molecular flexibility index (Phi) is 9.21. The van der Waals surface area contributed by atoms with Crippen LogP contribution in [0.3, 0.4) is 0 Å². The first-order valence-electron chi connectivity index (χ1n) is 13.7. The number of carbonyl (C=O) groups is 2. The third kappa shape index (κ3) is 7.40. The van der Waals surface area contributed by atoms with Gasteiger partial charge in [-0.1, -0.05) is 103 Å². The molecule has 2 amide bonds. The van der Waals surface area contributed by atoms with Crippen molar-refractivity contribution in [1.29, 1.82) is 5.26 Å². The zero-order valence-corrected chi connectivity index (χ0v) is 23.6. The van der Waals surface area contributed by atoms with E-state index in [9.17, 15) is 14.9 Å².